The van der Waals surface area contributed by atoms with Crippen molar-refractivity contribution < 1.29 is 14.3 Å². The van der Waals surface area contributed by atoms with E-state index in [1.165, 1.54) is 39.3 Å². The molecular formula is C19H15N3O3S3. The summed E-state index contributed by atoms with van der Waals surface area (Å²) in [5.74, 6) is -1.46. The highest BCUT2D eigenvalue weighted by molar-refractivity contribution is 8.04. The van der Waals surface area contributed by atoms with Gasteiger partial charge < -0.3 is 10.5 Å². The van der Waals surface area contributed by atoms with Gasteiger partial charge in [0.2, 0.25) is 0 Å². The van der Waals surface area contributed by atoms with Crippen LogP contribution in [0.25, 0.3) is 0 Å². The van der Waals surface area contributed by atoms with Crippen LogP contribution in [-0.2, 0) is 14.3 Å². The van der Waals surface area contributed by atoms with Gasteiger partial charge in [-0.25, -0.2) is 4.79 Å². The smallest absolute Gasteiger partial charge is 0.338 e. The molecule has 0 aliphatic carbocycles. The minimum absolute atomic E-state index is 0.0439. The van der Waals surface area contributed by atoms with E-state index in [4.69, 9.17) is 10.5 Å². The number of nitrogens with two attached hydrogens (primary N) is 1. The molecule has 1 saturated heterocycles. The Morgan fingerprint density at radius 3 is 2.54 bits per heavy atom. The third-order valence-corrected chi connectivity index (χ3v) is 7.79. The molecule has 2 N–H and O–H groups in total. The predicted molar refractivity (Wildman–Crippen MR) is 109 cm³/mol. The average Bonchev–Trinajstić information content (AvgIpc) is 3.43. The highest BCUT2D eigenvalue weighted by atomic mass is 32.2. The van der Waals surface area contributed by atoms with Crippen molar-refractivity contribution in [2.45, 2.75) is 18.1 Å². The summed E-state index contributed by atoms with van der Waals surface area (Å²) in [7, 11) is 0. The minimum atomic E-state index is -0.641. The van der Waals surface area contributed by atoms with Crippen molar-refractivity contribution in [1.82, 2.24) is 4.90 Å². The summed E-state index contributed by atoms with van der Waals surface area (Å²) in [5.41, 5.74) is 6.84. The van der Waals surface area contributed by atoms with E-state index < -0.39 is 17.1 Å². The number of nitriles is 1. The van der Waals surface area contributed by atoms with Crippen LogP contribution in [0.15, 0.2) is 57.0 Å². The van der Waals surface area contributed by atoms with Gasteiger partial charge in [0.15, 0.2) is 0 Å². The van der Waals surface area contributed by atoms with E-state index in [9.17, 15) is 14.9 Å². The fourth-order valence-electron chi connectivity index (χ4n) is 3.28. The minimum Gasteiger partial charge on any atom is -0.463 e. The molecule has 28 heavy (non-hydrogen) atoms. The van der Waals surface area contributed by atoms with Crippen LogP contribution < -0.4 is 5.73 Å². The highest BCUT2D eigenvalue weighted by Crippen LogP contribution is 2.54. The maximum atomic E-state index is 13.1. The first-order valence-corrected chi connectivity index (χ1v) is 11.1. The van der Waals surface area contributed by atoms with E-state index in [0.29, 0.717) is 10.6 Å². The van der Waals surface area contributed by atoms with E-state index >= 15 is 0 Å². The molecule has 2 aromatic heterocycles. The zero-order valence-electron chi connectivity index (χ0n) is 14.7. The molecule has 2 aromatic rings. The van der Waals surface area contributed by atoms with Crippen LogP contribution in [0, 0.1) is 11.3 Å². The molecule has 0 saturated carbocycles. The summed E-state index contributed by atoms with van der Waals surface area (Å²) < 4.78 is 5.21. The van der Waals surface area contributed by atoms with E-state index in [1.54, 1.807) is 6.92 Å². The Hall–Kier alpha value is -2.54. The van der Waals surface area contributed by atoms with Gasteiger partial charge in [0.25, 0.3) is 5.91 Å². The van der Waals surface area contributed by atoms with Crippen LogP contribution in [0.4, 0.5) is 0 Å². The Bertz CT molecular complexity index is 1030. The zero-order chi connectivity index (χ0) is 19.8. The maximum Gasteiger partial charge on any atom is 0.338 e. The zero-order valence-corrected chi connectivity index (χ0v) is 17.2. The lowest BCUT2D eigenvalue weighted by Crippen LogP contribution is -2.37. The van der Waals surface area contributed by atoms with Crippen molar-refractivity contribution in [2.24, 2.45) is 5.73 Å². The quantitative estimate of drug-likeness (QED) is 0.745. The molecule has 9 heteroatoms. The number of esters is 1. The number of nitrogens with zero attached hydrogens (tertiary/aromatic N) is 2. The molecule has 2 aliphatic rings. The fraction of sp³-hybridized carbons (Fsp3) is 0.211. The number of thioether (sulfide) groups is 1. The molecule has 6 nitrogen and oxygen atoms in total. The second-order valence-corrected chi connectivity index (χ2v) is 9.04. The summed E-state index contributed by atoms with van der Waals surface area (Å²) in [6, 6.07) is 9.69. The molecule has 2 unspecified atom stereocenters. The number of carbonyl (C=O) groups is 2. The van der Waals surface area contributed by atoms with Crippen LogP contribution in [0.5, 0.6) is 0 Å². The molecular weight excluding hydrogens is 414 g/mol. The third kappa shape index (κ3) is 2.85. The van der Waals surface area contributed by atoms with Crippen LogP contribution in [-0.4, -0.2) is 23.4 Å². The second-order valence-electron chi connectivity index (χ2n) is 5.99. The normalized spacial score (nSPS) is 21.7. The number of allylic oxidation sites excluding steroid dienone is 1. The maximum absolute atomic E-state index is 13.1. The first kappa shape index (κ1) is 18.8. The molecule has 142 valence electrons. The van der Waals surface area contributed by atoms with Crippen LogP contribution in [0.1, 0.15) is 27.8 Å². The summed E-state index contributed by atoms with van der Waals surface area (Å²) in [5, 5.41) is 13.7. The monoisotopic (exact) mass is 429 g/mol. The Morgan fingerprint density at radius 1 is 1.29 bits per heavy atom. The third-order valence-electron chi connectivity index (χ3n) is 4.45. The summed E-state index contributed by atoms with van der Waals surface area (Å²) in [6.45, 7) is 1.87. The second kappa shape index (κ2) is 7.47. The predicted octanol–water partition coefficient (Wildman–Crippen LogP) is 3.69. The lowest BCUT2D eigenvalue weighted by molar-refractivity contribution is -0.139. The van der Waals surface area contributed by atoms with E-state index in [0.717, 1.165) is 9.75 Å². The Kier molecular flexibility index (Phi) is 5.02. The number of hydrogen-bond donors (Lipinski definition) is 1. The standard InChI is InChI=1S/C19H15N3O3S3/c1-2-25-19(24)14-13(11-5-3-7-26-11)10(9-20)18-22(16(14)21)17(23)15(28-18)12-6-4-8-27-12/h3-8,13,15H,2,21H2,1H3. The van der Waals surface area contributed by atoms with E-state index in [-0.39, 0.29) is 23.9 Å². The van der Waals surface area contributed by atoms with Crippen molar-refractivity contribution in [3.63, 3.8) is 0 Å². The number of fused-ring (bicyclic) bond motifs is 1. The van der Waals surface area contributed by atoms with Gasteiger partial charge in [-0.3, -0.25) is 9.69 Å². The number of carbonyl (C=O) groups excluding carboxylic acids is 2. The fourth-order valence-corrected chi connectivity index (χ4v) is 6.34. The van der Waals surface area contributed by atoms with Crippen molar-refractivity contribution in [3.05, 3.63) is 66.8 Å². The molecule has 4 heterocycles. The Balaban J connectivity index is 1.90. The van der Waals surface area contributed by atoms with Crippen LogP contribution >= 0.6 is 34.4 Å². The number of ether oxygens (including phenoxy) is 1. The molecule has 0 radical (unpaired) electrons. The molecule has 2 aliphatic heterocycles. The van der Waals surface area contributed by atoms with Gasteiger partial charge in [0.05, 0.1) is 34.8 Å². The molecule has 2 atom stereocenters. The lowest BCUT2D eigenvalue weighted by Gasteiger charge is -2.30. The molecule has 0 bridgehead atoms. The Labute approximate surface area is 173 Å². The van der Waals surface area contributed by atoms with Gasteiger partial charge >= 0.3 is 5.97 Å². The highest BCUT2D eigenvalue weighted by Gasteiger charge is 2.49. The number of amides is 1. The van der Waals surface area contributed by atoms with Gasteiger partial charge in [-0.05, 0) is 29.8 Å². The van der Waals surface area contributed by atoms with Crippen LogP contribution in [0.2, 0.25) is 0 Å². The van der Waals surface area contributed by atoms with Gasteiger partial charge in [-0.1, -0.05) is 23.9 Å². The number of hydrogen-bond acceptors (Lipinski definition) is 8. The number of thiophene rings is 2. The topological polar surface area (TPSA) is 96.4 Å². The SMILES string of the molecule is CCOC(=O)C1=C(N)N2C(=O)C(c3cccs3)SC2=C(C#N)C1c1cccs1. The number of rotatable bonds is 4. The van der Waals surface area contributed by atoms with Gasteiger partial charge in [0.1, 0.15) is 11.1 Å². The molecule has 0 spiro atoms. The molecule has 0 aromatic carbocycles. The average molecular weight is 430 g/mol. The van der Waals surface area contributed by atoms with Gasteiger partial charge in [0, 0.05) is 9.75 Å². The summed E-state index contributed by atoms with van der Waals surface area (Å²) in [6.07, 6.45) is 0. The summed E-state index contributed by atoms with van der Waals surface area (Å²) in [4.78, 5) is 28.9. The molecule has 1 fully saturated rings. The summed E-state index contributed by atoms with van der Waals surface area (Å²) >= 11 is 4.21. The largest absolute Gasteiger partial charge is 0.463 e. The first-order valence-electron chi connectivity index (χ1n) is 8.46. The molecule has 1 amide bonds. The molecule has 4 rings (SSSR count). The van der Waals surface area contributed by atoms with Gasteiger partial charge in [-0.2, -0.15) is 5.26 Å². The van der Waals surface area contributed by atoms with Crippen molar-refractivity contribution in [3.8, 4) is 6.07 Å². The van der Waals surface area contributed by atoms with Crippen molar-refractivity contribution >= 4 is 46.3 Å². The van der Waals surface area contributed by atoms with E-state index in [1.807, 2.05) is 35.0 Å². The van der Waals surface area contributed by atoms with E-state index in [2.05, 4.69) is 6.07 Å². The van der Waals surface area contributed by atoms with Crippen LogP contribution in [0.3, 0.4) is 0 Å². The first-order chi connectivity index (χ1) is 13.6. The lowest BCUT2D eigenvalue weighted by atomic mass is 9.87. The van der Waals surface area contributed by atoms with Crippen molar-refractivity contribution in [2.75, 3.05) is 6.61 Å². The van der Waals surface area contributed by atoms with Gasteiger partial charge in [-0.15, -0.1) is 22.7 Å². The van der Waals surface area contributed by atoms with Crippen molar-refractivity contribution in [1.29, 1.82) is 5.26 Å². The Morgan fingerprint density at radius 2 is 1.96 bits per heavy atom.